The molecule has 0 bridgehead atoms. The minimum absolute atomic E-state index is 0.0435. The number of alkyl halides is 2. The fraction of sp³-hybridized carbons (Fsp3) is 0.348. The summed E-state index contributed by atoms with van der Waals surface area (Å²) in [5, 5.41) is 13.1. The van der Waals surface area contributed by atoms with Crippen molar-refractivity contribution in [1.29, 1.82) is 0 Å². The summed E-state index contributed by atoms with van der Waals surface area (Å²) in [5.41, 5.74) is 4.04. The molecule has 32 heavy (non-hydrogen) atoms. The topological polar surface area (TPSA) is 105 Å². The molecule has 0 saturated carbocycles. The van der Waals surface area contributed by atoms with Gasteiger partial charge in [0.15, 0.2) is 0 Å². The van der Waals surface area contributed by atoms with Crippen molar-refractivity contribution in [1.82, 2.24) is 10.6 Å². The van der Waals surface area contributed by atoms with Crippen LogP contribution in [0.2, 0.25) is 0 Å². The summed E-state index contributed by atoms with van der Waals surface area (Å²) in [6, 6.07) is 13.7. The van der Waals surface area contributed by atoms with E-state index in [1.165, 1.54) is 6.92 Å². The molecule has 0 fully saturated rings. The number of amides is 2. The van der Waals surface area contributed by atoms with Crippen LogP contribution in [0, 0.1) is 5.92 Å². The predicted octanol–water partition coefficient (Wildman–Crippen LogP) is 3.39. The number of halogens is 2. The van der Waals surface area contributed by atoms with Crippen LogP contribution in [-0.2, 0) is 14.3 Å². The zero-order valence-corrected chi connectivity index (χ0v) is 17.4. The number of nitrogens with one attached hydrogen (secondary N) is 2. The third-order valence-corrected chi connectivity index (χ3v) is 5.38. The van der Waals surface area contributed by atoms with Crippen molar-refractivity contribution in [3.8, 4) is 11.1 Å². The van der Waals surface area contributed by atoms with E-state index in [-0.39, 0.29) is 19.1 Å². The van der Waals surface area contributed by atoms with Gasteiger partial charge < -0.3 is 20.5 Å². The lowest BCUT2D eigenvalue weighted by Gasteiger charge is -2.19. The Balaban J connectivity index is 1.57. The maximum absolute atomic E-state index is 13.3. The summed E-state index contributed by atoms with van der Waals surface area (Å²) in [6.45, 7) is 1.13. The molecule has 2 aromatic carbocycles. The van der Waals surface area contributed by atoms with Crippen molar-refractivity contribution in [2.45, 2.75) is 31.7 Å². The van der Waals surface area contributed by atoms with Crippen LogP contribution >= 0.6 is 0 Å². The smallest absolute Gasteiger partial charge is 0.407 e. The largest absolute Gasteiger partial charge is 0.481 e. The quantitative estimate of drug-likeness (QED) is 0.548. The van der Waals surface area contributed by atoms with Gasteiger partial charge in [-0.1, -0.05) is 55.5 Å². The number of fused-ring (bicyclic) bond motifs is 3. The van der Waals surface area contributed by atoms with E-state index in [9.17, 15) is 23.2 Å². The van der Waals surface area contributed by atoms with Crippen LogP contribution in [0.25, 0.3) is 11.1 Å². The maximum atomic E-state index is 13.3. The average molecular weight is 446 g/mol. The van der Waals surface area contributed by atoms with E-state index in [1.54, 1.807) is 0 Å². The first-order chi connectivity index (χ1) is 15.3. The molecule has 2 aromatic rings. The van der Waals surface area contributed by atoms with Crippen molar-refractivity contribution >= 4 is 18.0 Å². The number of rotatable bonds is 9. The molecule has 2 atom stereocenters. The van der Waals surface area contributed by atoms with Gasteiger partial charge >= 0.3 is 12.1 Å². The Hall–Kier alpha value is -3.49. The fourth-order valence-corrected chi connectivity index (χ4v) is 3.62. The molecule has 1 aliphatic carbocycles. The Morgan fingerprint density at radius 1 is 1.03 bits per heavy atom. The highest BCUT2D eigenvalue weighted by Gasteiger charge is 2.30. The van der Waals surface area contributed by atoms with E-state index in [0.717, 1.165) is 22.3 Å². The molecule has 2 amide bonds. The minimum Gasteiger partial charge on any atom is -0.481 e. The lowest BCUT2D eigenvalue weighted by atomic mass is 9.98. The summed E-state index contributed by atoms with van der Waals surface area (Å²) < 4.78 is 31.9. The van der Waals surface area contributed by atoms with Gasteiger partial charge in [-0.25, -0.2) is 13.6 Å². The Morgan fingerprint density at radius 2 is 1.59 bits per heavy atom. The van der Waals surface area contributed by atoms with E-state index in [2.05, 4.69) is 5.32 Å². The number of alkyl carbamates (subject to hydrolysis) is 1. The summed E-state index contributed by atoms with van der Waals surface area (Å²) in [7, 11) is 0. The van der Waals surface area contributed by atoms with Gasteiger partial charge in [0.1, 0.15) is 12.6 Å². The second-order valence-electron chi connectivity index (χ2n) is 7.66. The fourth-order valence-electron chi connectivity index (χ4n) is 3.62. The number of ether oxygens (including phenoxy) is 1. The zero-order valence-electron chi connectivity index (χ0n) is 17.4. The molecule has 0 radical (unpaired) electrons. The molecule has 7 nitrogen and oxygen atoms in total. The second-order valence-corrected chi connectivity index (χ2v) is 7.66. The van der Waals surface area contributed by atoms with Crippen molar-refractivity contribution in [2.24, 2.45) is 5.92 Å². The van der Waals surface area contributed by atoms with E-state index in [1.807, 2.05) is 53.8 Å². The molecule has 0 saturated heterocycles. The Bertz CT molecular complexity index is 952. The van der Waals surface area contributed by atoms with Crippen LogP contribution in [0.5, 0.6) is 0 Å². The summed E-state index contributed by atoms with van der Waals surface area (Å²) >= 11 is 0. The Kier molecular flexibility index (Phi) is 7.40. The van der Waals surface area contributed by atoms with Crippen molar-refractivity contribution < 1.29 is 33.0 Å². The molecule has 2 unspecified atom stereocenters. The Morgan fingerprint density at radius 3 is 2.12 bits per heavy atom. The first-order valence-electron chi connectivity index (χ1n) is 10.2. The molecule has 3 rings (SSSR count). The summed E-state index contributed by atoms with van der Waals surface area (Å²) in [6.07, 6.45) is -4.75. The van der Waals surface area contributed by atoms with Crippen molar-refractivity contribution in [2.75, 3.05) is 13.2 Å². The SMILES string of the molecule is CC(CNC(=O)CC(NC(=O)OCC1c2ccccc2-c2ccccc21)C(F)F)C(=O)O. The third kappa shape index (κ3) is 5.40. The van der Waals surface area contributed by atoms with Gasteiger partial charge in [0.05, 0.1) is 12.3 Å². The summed E-state index contributed by atoms with van der Waals surface area (Å²) in [4.78, 5) is 34.9. The highest BCUT2D eigenvalue weighted by Crippen LogP contribution is 2.44. The normalized spacial score (nSPS) is 14.2. The summed E-state index contributed by atoms with van der Waals surface area (Å²) in [5.74, 6) is -2.99. The highest BCUT2D eigenvalue weighted by atomic mass is 19.3. The van der Waals surface area contributed by atoms with Crippen LogP contribution in [0.3, 0.4) is 0 Å². The molecular weight excluding hydrogens is 422 g/mol. The zero-order chi connectivity index (χ0) is 23.3. The van der Waals surface area contributed by atoms with E-state index in [0.29, 0.717) is 0 Å². The third-order valence-electron chi connectivity index (χ3n) is 5.38. The molecule has 9 heteroatoms. The van der Waals surface area contributed by atoms with Gasteiger partial charge in [0.25, 0.3) is 6.43 Å². The number of hydrogen-bond acceptors (Lipinski definition) is 4. The standard InChI is InChI=1S/C23H24F2N2O5/c1-13(22(29)30)11-26-20(28)10-19(21(24)25)27-23(31)32-12-18-16-8-4-2-6-14(16)15-7-3-5-9-17(15)18/h2-9,13,18-19,21H,10-12H2,1H3,(H,26,28)(H,27,31)(H,29,30). The molecule has 0 spiro atoms. The molecule has 0 aliphatic heterocycles. The van der Waals surface area contributed by atoms with Gasteiger partial charge in [-0.2, -0.15) is 0 Å². The number of carboxylic acid groups (broad SMARTS) is 1. The van der Waals surface area contributed by atoms with Crippen LogP contribution in [-0.4, -0.2) is 48.7 Å². The number of carboxylic acids is 1. The monoisotopic (exact) mass is 446 g/mol. The lowest BCUT2D eigenvalue weighted by molar-refractivity contribution is -0.141. The second kappa shape index (κ2) is 10.2. The van der Waals surface area contributed by atoms with Gasteiger partial charge in [-0.15, -0.1) is 0 Å². The van der Waals surface area contributed by atoms with E-state index >= 15 is 0 Å². The van der Waals surface area contributed by atoms with Crippen LogP contribution in [0.4, 0.5) is 13.6 Å². The Labute approximate surface area is 183 Å². The molecular formula is C23H24F2N2O5. The predicted molar refractivity (Wildman–Crippen MR) is 112 cm³/mol. The first kappa shape index (κ1) is 23.2. The molecule has 0 heterocycles. The van der Waals surface area contributed by atoms with Crippen LogP contribution in [0.15, 0.2) is 48.5 Å². The van der Waals surface area contributed by atoms with Gasteiger partial charge in [-0.05, 0) is 22.3 Å². The van der Waals surface area contributed by atoms with Crippen molar-refractivity contribution in [3.63, 3.8) is 0 Å². The minimum atomic E-state index is -3.00. The van der Waals surface area contributed by atoms with Gasteiger partial charge in [0, 0.05) is 12.5 Å². The highest BCUT2D eigenvalue weighted by molar-refractivity contribution is 5.80. The number of benzene rings is 2. The van der Waals surface area contributed by atoms with E-state index < -0.39 is 42.8 Å². The molecule has 1 aliphatic rings. The maximum Gasteiger partial charge on any atom is 0.407 e. The average Bonchev–Trinajstić information content (AvgIpc) is 3.09. The van der Waals surface area contributed by atoms with Gasteiger partial charge in [0.2, 0.25) is 5.91 Å². The first-order valence-corrected chi connectivity index (χ1v) is 10.2. The van der Waals surface area contributed by atoms with Crippen LogP contribution < -0.4 is 10.6 Å². The van der Waals surface area contributed by atoms with Crippen LogP contribution in [0.1, 0.15) is 30.4 Å². The molecule has 0 aromatic heterocycles. The number of hydrogen-bond donors (Lipinski definition) is 3. The van der Waals surface area contributed by atoms with Crippen molar-refractivity contribution in [3.05, 3.63) is 59.7 Å². The van der Waals surface area contributed by atoms with E-state index in [4.69, 9.17) is 9.84 Å². The molecule has 170 valence electrons. The number of carbonyl (C=O) groups is 3. The number of aliphatic carboxylic acids is 1. The molecule has 3 N–H and O–H groups in total. The lowest BCUT2D eigenvalue weighted by Crippen LogP contribution is -2.44. The number of carbonyl (C=O) groups excluding carboxylic acids is 2. The van der Waals surface area contributed by atoms with Gasteiger partial charge in [-0.3, -0.25) is 9.59 Å².